The van der Waals surface area contributed by atoms with Gasteiger partial charge in [0, 0.05) is 12.2 Å². The number of rotatable bonds is 2. The fourth-order valence-corrected chi connectivity index (χ4v) is 3.83. The summed E-state index contributed by atoms with van der Waals surface area (Å²) in [6.07, 6.45) is 2.40. The molecule has 5 heteroatoms. The van der Waals surface area contributed by atoms with E-state index >= 15 is 0 Å². The molecule has 1 heterocycles. The molecule has 2 aromatic carbocycles. The van der Waals surface area contributed by atoms with Crippen molar-refractivity contribution >= 4 is 17.5 Å². The molecular formula is C20H20N2O3. The zero-order chi connectivity index (χ0) is 17.4. The van der Waals surface area contributed by atoms with Crippen LogP contribution < -0.4 is 5.32 Å². The molecule has 2 aromatic rings. The second-order valence-corrected chi connectivity index (χ2v) is 6.64. The molecule has 1 saturated heterocycles. The van der Waals surface area contributed by atoms with Gasteiger partial charge < -0.3 is 15.3 Å². The minimum atomic E-state index is -0.643. The first-order chi connectivity index (χ1) is 12.2. The lowest BCUT2D eigenvalue weighted by Crippen LogP contribution is -2.43. The minimum Gasteiger partial charge on any atom is -0.394 e. The molecule has 1 aliphatic carbocycles. The van der Waals surface area contributed by atoms with E-state index in [9.17, 15) is 14.7 Å². The van der Waals surface area contributed by atoms with Crippen molar-refractivity contribution in [3.63, 3.8) is 0 Å². The van der Waals surface area contributed by atoms with Crippen LogP contribution in [0.5, 0.6) is 0 Å². The van der Waals surface area contributed by atoms with Crippen LogP contribution in [0.1, 0.15) is 24.0 Å². The third-order valence-electron chi connectivity index (χ3n) is 5.09. The molecule has 5 nitrogen and oxygen atoms in total. The Balaban J connectivity index is 1.50. The van der Waals surface area contributed by atoms with Crippen molar-refractivity contribution in [2.45, 2.75) is 25.3 Å². The monoisotopic (exact) mass is 336 g/mol. The van der Waals surface area contributed by atoms with Gasteiger partial charge in [0.05, 0.1) is 12.6 Å². The maximum Gasteiger partial charge on any atom is 0.313 e. The van der Waals surface area contributed by atoms with Gasteiger partial charge >= 0.3 is 11.8 Å². The summed E-state index contributed by atoms with van der Waals surface area (Å²) in [5, 5.41) is 12.0. The molecule has 0 saturated carbocycles. The van der Waals surface area contributed by atoms with Crippen molar-refractivity contribution in [1.29, 1.82) is 0 Å². The maximum absolute atomic E-state index is 12.3. The van der Waals surface area contributed by atoms with E-state index in [-0.39, 0.29) is 12.6 Å². The van der Waals surface area contributed by atoms with Gasteiger partial charge in [0.25, 0.3) is 0 Å². The predicted octanol–water partition coefficient (Wildman–Crippen LogP) is 2.18. The van der Waals surface area contributed by atoms with E-state index in [2.05, 4.69) is 17.4 Å². The molecular weight excluding hydrogens is 316 g/mol. The molecule has 1 aliphatic heterocycles. The van der Waals surface area contributed by atoms with Gasteiger partial charge in [0.1, 0.15) is 0 Å². The molecule has 1 fully saturated rings. The van der Waals surface area contributed by atoms with Crippen LogP contribution in [-0.2, 0) is 16.0 Å². The molecule has 2 aliphatic rings. The molecule has 0 spiro atoms. The zero-order valence-corrected chi connectivity index (χ0v) is 13.9. The van der Waals surface area contributed by atoms with Gasteiger partial charge in [-0.15, -0.1) is 0 Å². The van der Waals surface area contributed by atoms with Crippen LogP contribution in [0.3, 0.4) is 0 Å². The number of hydrogen-bond donors (Lipinski definition) is 2. The lowest BCUT2D eigenvalue weighted by molar-refractivity contribution is -0.144. The Kier molecular flexibility index (Phi) is 4.01. The Bertz CT molecular complexity index is 847. The quantitative estimate of drug-likeness (QED) is 0.705. The number of fused-ring (bicyclic) bond motifs is 3. The number of nitrogens with zero attached hydrogens (tertiary/aromatic N) is 1. The molecule has 25 heavy (non-hydrogen) atoms. The van der Waals surface area contributed by atoms with E-state index < -0.39 is 11.8 Å². The van der Waals surface area contributed by atoms with Crippen molar-refractivity contribution in [1.82, 2.24) is 4.90 Å². The predicted molar refractivity (Wildman–Crippen MR) is 95.1 cm³/mol. The highest BCUT2D eigenvalue weighted by Crippen LogP contribution is 2.37. The maximum atomic E-state index is 12.3. The van der Waals surface area contributed by atoms with Gasteiger partial charge in [-0.1, -0.05) is 30.3 Å². The molecule has 0 radical (unpaired) electrons. The van der Waals surface area contributed by atoms with E-state index in [0.717, 1.165) is 24.8 Å². The molecule has 2 amide bonds. The summed E-state index contributed by atoms with van der Waals surface area (Å²) in [5.41, 5.74) is 5.47. The van der Waals surface area contributed by atoms with Crippen molar-refractivity contribution in [3.8, 4) is 11.1 Å². The van der Waals surface area contributed by atoms with Crippen LogP contribution in [0.4, 0.5) is 5.69 Å². The number of anilines is 1. The van der Waals surface area contributed by atoms with Crippen LogP contribution >= 0.6 is 0 Å². The first kappa shape index (κ1) is 15.8. The van der Waals surface area contributed by atoms with Crippen molar-refractivity contribution in [2.75, 3.05) is 18.5 Å². The Morgan fingerprint density at radius 3 is 2.76 bits per heavy atom. The van der Waals surface area contributed by atoms with E-state index in [1.165, 1.54) is 21.6 Å². The number of benzene rings is 2. The Morgan fingerprint density at radius 1 is 1.12 bits per heavy atom. The largest absolute Gasteiger partial charge is 0.394 e. The number of carbonyl (C=O) groups excluding carboxylic acids is 2. The second kappa shape index (κ2) is 6.33. The molecule has 2 N–H and O–H groups in total. The first-order valence-corrected chi connectivity index (χ1v) is 8.61. The van der Waals surface area contributed by atoms with Crippen LogP contribution in [0.2, 0.25) is 0 Å². The molecule has 0 bridgehead atoms. The third kappa shape index (κ3) is 2.81. The summed E-state index contributed by atoms with van der Waals surface area (Å²) in [5.74, 6) is -1.21. The molecule has 0 aromatic heterocycles. The van der Waals surface area contributed by atoms with Crippen molar-refractivity contribution in [3.05, 3.63) is 53.6 Å². The number of nitrogens with one attached hydrogen (secondary N) is 1. The zero-order valence-electron chi connectivity index (χ0n) is 13.9. The SMILES string of the molecule is O=C(Nc1ccc2c(c1)Cc1ccccc1-2)C(=O)N1CCCC1CO. The van der Waals surface area contributed by atoms with E-state index in [1.807, 2.05) is 30.3 Å². The normalized spacial score (nSPS) is 18.0. The van der Waals surface area contributed by atoms with E-state index in [1.54, 1.807) is 0 Å². The molecule has 4 rings (SSSR count). The van der Waals surface area contributed by atoms with Crippen LogP contribution in [-0.4, -0.2) is 41.0 Å². The summed E-state index contributed by atoms with van der Waals surface area (Å²) in [7, 11) is 0. The Labute approximate surface area is 146 Å². The average molecular weight is 336 g/mol. The van der Waals surface area contributed by atoms with Crippen molar-refractivity contribution < 1.29 is 14.7 Å². The summed E-state index contributed by atoms with van der Waals surface area (Å²) in [6, 6.07) is 13.8. The highest BCUT2D eigenvalue weighted by Gasteiger charge is 2.32. The van der Waals surface area contributed by atoms with Gasteiger partial charge in [-0.3, -0.25) is 9.59 Å². The van der Waals surface area contributed by atoms with Gasteiger partial charge in [0.2, 0.25) is 0 Å². The fourth-order valence-electron chi connectivity index (χ4n) is 3.83. The van der Waals surface area contributed by atoms with E-state index in [0.29, 0.717) is 12.2 Å². The number of amides is 2. The molecule has 128 valence electrons. The summed E-state index contributed by atoms with van der Waals surface area (Å²) >= 11 is 0. The van der Waals surface area contributed by atoms with Crippen LogP contribution in [0, 0.1) is 0 Å². The topological polar surface area (TPSA) is 69.6 Å². The van der Waals surface area contributed by atoms with Crippen LogP contribution in [0.15, 0.2) is 42.5 Å². The van der Waals surface area contributed by atoms with Crippen LogP contribution in [0.25, 0.3) is 11.1 Å². The highest BCUT2D eigenvalue weighted by molar-refractivity contribution is 6.39. The first-order valence-electron chi connectivity index (χ1n) is 8.61. The standard InChI is InChI=1S/C20H20N2O3/c23-12-16-5-3-9-22(16)20(25)19(24)21-15-7-8-18-14(11-15)10-13-4-1-2-6-17(13)18/h1-2,4,6-8,11,16,23H,3,5,9-10,12H2,(H,21,24). The van der Waals surface area contributed by atoms with Gasteiger partial charge in [0.15, 0.2) is 0 Å². The third-order valence-corrected chi connectivity index (χ3v) is 5.09. The second-order valence-electron chi connectivity index (χ2n) is 6.64. The van der Waals surface area contributed by atoms with Crippen molar-refractivity contribution in [2.24, 2.45) is 0 Å². The summed E-state index contributed by atoms with van der Waals surface area (Å²) in [6.45, 7) is 0.424. The number of aliphatic hydroxyl groups excluding tert-OH is 1. The van der Waals surface area contributed by atoms with Gasteiger partial charge in [-0.05, 0) is 53.6 Å². The smallest absolute Gasteiger partial charge is 0.313 e. The number of aliphatic hydroxyl groups is 1. The minimum absolute atomic E-state index is 0.101. The van der Waals surface area contributed by atoms with Gasteiger partial charge in [-0.2, -0.15) is 0 Å². The summed E-state index contributed by atoms with van der Waals surface area (Å²) in [4.78, 5) is 26.1. The van der Waals surface area contributed by atoms with Gasteiger partial charge in [-0.25, -0.2) is 0 Å². The lowest BCUT2D eigenvalue weighted by atomic mass is 10.1. The van der Waals surface area contributed by atoms with E-state index in [4.69, 9.17) is 0 Å². The fraction of sp³-hybridized carbons (Fsp3) is 0.300. The number of likely N-dealkylation sites (tertiary alicyclic amines) is 1. The lowest BCUT2D eigenvalue weighted by Gasteiger charge is -2.22. The highest BCUT2D eigenvalue weighted by atomic mass is 16.3. The number of carbonyl (C=O) groups is 2. The average Bonchev–Trinajstić information content (AvgIpc) is 3.24. The summed E-state index contributed by atoms with van der Waals surface area (Å²) < 4.78 is 0. The Hall–Kier alpha value is -2.66. The molecule has 1 unspecified atom stereocenters. The number of hydrogen-bond acceptors (Lipinski definition) is 3. The molecule has 1 atom stereocenters. The Morgan fingerprint density at radius 2 is 1.92 bits per heavy atom.